The van der Waals surface area contributed by atoms with Gasteiger partial charge in [-0.05, 0) is 29.8 Å². The SMILES string of the molecule is COc1ccc(CN=C(CC#N)Nc2ccccc2)cc1. The van der Waals surface area contributed by atoms with E-state index in [0.717, 1.165) is 17.0 Å². The highest BCUT2D eigenvalue weighted by Gasteiger charge is 2.00. The number of benzene rings is 2. The molecule has 0 aliphatic rings. The third-order valence-corrected chi connectivity index (χ3v) is 2.92. The molecule has 0 atom stereocenters. The molecule has 0 fully saturated rings. The van der Waals surface area contributed by atoms with Crippen molar-refractivity contribution in [2.24, 2.45) is 4.99 Å². The van der Waals surface area contributed by atoms with E-state index >= 15 is 0 Å². The number of methoxy groups -OCH3 is 1. The molecule has 0 radical (unpaired) electrons. The van der Waals surface area contributed by atoms with Crippen LogP contribution in [-0.4, -0.2) is 12.9 Å². The first-order valence-corrected chi connectivity index (χ1v) is 6.67. The van der Waals surface area contributed by atoms with Gasteiger partial charge < -0.3 is 10.1 Å². The summed E-state index contributed by atoms with van der Waals surface area (Å²) in [7, 11) is 1.64. The van der Waals surface area contributed by atoms with Gasteiger partial charge in [0.05, 0.1) is 26.1 Å². The van der Waals surface area contributed by atoms with Crippen LogP contribution in [0.1, 0.15) is 12.0 Å². The number of para-hydroxylation sites is 1. The zero-order valence-corrected chi connectivity index (χ0v) is 11.9. The molecule has 2 aromatic carbocycles. The van der Waals surface area contributed by atoms with Gasteiger partial charge in [0, 0.05) is 5.69 Å². The Morgan fingerprint density at radius 3 is 2.48 bits per heavy atom. The van der Waals surface area contributed by atoms with Crippen LogP contribution in [0.4, 0.5) is 5.69 Å². The van der Waals surface area contributed by atoms with E-state index in [1.807, 2.05) is 54.6 Å². The van der Waals surface area contributed by atoms with Crippen LogP contribution in [0.2, 0.25) is 0 Å². The summed E-state index contributed by atoms with van der Waals surface area (Å²) in [6.07, 6.45) is 0.255. The van der Waals surface area contributed by atoms with Gasteiger partial charge in [0.1, 0.15) is 11.6 Å². The average Bonchev–Trinajstić information content (AvgIpc) is 2.54. The van der Waals surface area contributed by atoms with Gasteiger partial charge in [-0.2, -0.15) is 5.26 Å². The van der Waals surface area contributed by atoms with Crippen molar-refractivity contribution in [3.8, 4) is 11.8 Å². The second-order valence-electron chi connectivity index (χ2n) is 4.44. The molecule has 106 valence electrons. The van der Waals surface area contributed by atoms with Gasteiger partial charge in [-0.3, -0.25) is 4.99 Å². The number of aliphatic imine (C=N–C) groups is 1. The number of amidine groups is 1. The molecule has 4 heteroatoms. The van der Waals surface area contributed by atoms with E-state index in [2.05, 4.69) is 16.4 Å². The minimum absolute atomic E-state index is 0.255. The summed E-state index contributed by atoms with van der Waals surface area (Å²) in [4.78, 5) is 4.48. The molecule has 0 unspecified atom stereocenters. The van der Waals surface area contributed by atoms with Crippen LogP contribution in [0, 0.1) is 11.3 Å². The summed E-state index contributed by atoms with van der Waals surface area (Å²) >= 11 is 0. The fourth-order valence-electron chi connectivity index (χ4n) is 1.82. The van der Waals surface area contributed by atoms with Gasteiger partial charge in [0.15, 0.2) is 0 Å². The Morgan fingerprint density at radius 2 is 1.86 bits per heavy atom. The Kier molecular flexibility index (Phi) is 5.36. The number of nitrogens with one attached hydrogen (secondary N) is 1. The van der Waals surface area contributed by atoms with Crippen LogP contribution < -0.4 is 10.1 Å². The zero-order valence-electron chi connectivity index (χ0n) is 11.9. The summed E-state index contributed by atoms with van der Waals surface area (Å²) in [6, 6.07) is 19.6. The molecule has 0 saturated heterocycles. The molecule has 2 rings (SSSR count). The molecular formula is C17H17N3O. The first kappa shape index (κ1) is 14.6. The van der Waals surface area contributed by atoms with Gasteiger partial charge in [0.2, 0.25) is 0 Å². The first-order chi connectivity index (χ1) is 10.3. The number of nitriles is 1. The first-order valence-electron chi connectivity index (χ1n) is 6.67. The van der Waals surface area contributed by atoms with Gasteiger partial charge >= 0.3 is 0 Å². The molecule has 0 amide bonds. The summed E-state index contributed by atoms with van der Waals surface area (Å²) in [5, 5.41) is 12.1. The maximum Gasteiger partial charge on any atom is 0.118 e. The quantitative estimate of drug-likeness (QED) is 0.671. The molecule has 4 nitrogen and oxygen atoms in total. The topological polar surface area (TPSA) is 57.4 Å². The van der Waals surface area contributed by atoms with Crippen LogP contribution >= 0.6 is 0 Å². The molecule has 21 heavy (non-hydrogen) atoms. The largest absolute Gasteiger partial charge is 0.497 e. The highest BCUT2D eigenvalue weighted by Crippen LogP contribution is 2.12. The smallest absolute Gasteiger partial charge is 0.118 e. The molecule has 0 spiro atoms. The van der Waals surface area contributed by atoms with E-state index in [0.29, 0.717) is 12.4 Å². The lowest BCUT2D eigenvalue weighted by molar-refractivity contribution is 0.414. The monoisotopic (exact) mass is 279 g/mol. The van der Waals surface area contributed by atoms with Crippen LogP contribution in [0.25, 0.3) is 0 Å². The fourth-order valence-corrected chi connectivity index (χ4v) is 1.82. The van der Waals surface area contributed by atoms with E-state index in [9.17, 15) is 0 Å². The normalized spacial score (nSPS) is 10.8. The molecule has 0 aromatic heterocycles. The van der Waals surface area contributed by atoms with E-state index in [-0.39, 0.29) is 6.42 Å². The number of nitrogens with zero attached hydrogens (tertiary/aromatic N) is 2. The van der Waals surface area contributed by atoms with E-state index in [1.165, 1.54) is 0 Å². The van der Waals surface area contributed by atoms with Gasteiger partial charge in [-0.15, -0.1) is 0 Å². The van der Waals surface area contributed by atoms with Gasteiger partial charge in [-0.1, -0.05) is 30.3 Å². The summed E-state index contributed by atoms with van der Waals surface area (Å²) in [5.41, 5.74) is 2.00. The summed E-state index contributed by atoms with van der Waals surface area (Å²) < 4.78 is 5.12. The average molecular weight is 279 g/mol. The van der Waals surface area contributed by atoms with E-state index in [4.69, 9.17) is 10.00 Å². The second kappa shape index (κ2) is 7.71. The maximum atomic E-state index is 8.89. The Hall–Kier alpha value is -2.80. The predicted molar refractivity (Wildman–Crippen MR) is 84.4 cm³/mol. The van der Waals surface area contributed by atoms with E-state index < -0.39 is 0 Å². The molecule has 0 aliphatic heterocycles. The van der Waals surface area contributed by atoms with Gasteiger partial charge in [0.25, 0.3) is 0 Å². The Labute approximate surface area is 124 Å². The van der Waals surface area contributed by atoms with Crippen LogP contribution in [-0.2, 0) is 6.54 Å². The van der Waals surface area contributed by atoms with E-state index in [1.54, 1.807) is 7.11 Å². The minimum Gasteiger partial charge on any atom is -0.497 e. The predicted octanol–water partition coefficient (Wildman–Crippen LogP) is 3.62. The number of rotatable bonds is 5. The van der Waals surface area contributed by atoms with Crippen molar-refractivity contribution in [2.45, 2.75) is 13.0 Å². The third kappa shape index (κ3) is 4.66. The van der Waals surface area contributed by atoms with Crippen molar-refractivity contribution in [1.82, 2.24) is 0 Å². The zero-order chi connectivity index (χ0) is 14.9. The maximum absolute atomic E-state index is 8.89. The lowest BCUT2D eigenvalue weighted by atomic mass is 10.2. The molecule has 0 aliphatic carbocycles. The van der Waals surface area contributed by atoms with Crippen LogP contribution in [0.5, 0.6) is 5.75 Å². The molecular weight excluding hydrogens is 262 g/mol. The lowest BCUT2D eigenvalue weighted by Gasteiger charge is -2.07. The Balaban J connectivity index is 2.04. The van der Waals surface area contributed by atoms with Crippen molar-refractivity contribution in [1.29, 1.82) is 5.26 Å². The highest BCUT2D eigenvalue weighted by atomic mass is 16.5. The van der Waals surface area contributed by atoms with Crippen LogP contribution in [0.3, 0.4) is 0 Å². The Bertz CT molecular complexity index is 627. The van der Waals surface area contributed by atoms with Crippen molar-refractivity contribution in [3.05, 3.63) is 60.2 Å². The minimum atomic E-state index is 0.255. The van der Waals surface area contributed by atoms with Gasteiger partial charge in [-0.25, -0.2) is 0 Å². The fraction of sp³-hybridized carbons (Fsp3) is 0.176. The standard InChI is InChI=1S/C17H17N3O/c1-21-16-9-7-14(8-10-16)13-19-17(11-12-18)20-15-5-3-2-4-6-15/h2-10H,11,13H2,1H3,(H,19,20). The number of hydrogen-bond donors (Lipinski definition) is 1. The number of hydrogen-bond acceptors (Lipinski definition) is 3. The highest BCUT2D eigenvalue weighted by molar-refractivity contribution is 5.96. The van der Waals surface area contributed by atoms with Crippen molar-refractivity contribution in [2.75, 3.05) is 12.4 Å². The molecule has 2 aromatic rings. The molecule has 0 bridgehead atoms. The lowest BCUT2D eigenvalue weighted by Crippen LogP contribution is -2.11. The molecule has 1 N–H and O–H groups in total. The number of ether oxygens (including phenoxy) is 1. The number of anilines is 1. The second-order valence-corrected chi connectivity index (χ2v) is 4.44. The van der Waals surface area contributed by atoms with Crippen molar-refractivity contribution < 1.29 is 4.74 Å². The molecule has 0 saturated carbocycles. The summed E-state index contributed by atoms with van der Waals surface area (Å²) in [6.45, 7) is 0.529. The Morgan fingerprint density at radius 1 is 1.14 bits per heavy atom. The third-order valence-electron chi connectivity index (χ3n) is 2.92. The summed E-state index contributed by atoms with van der Waals surface area (Å²) in [5.74, 6) is 1.49. The molecule has 0 heterocycles. The van der Waals surface area contributed by atoms with Crippen LogP contribution in [0.15, 0.2) is 59.6 Å². The van der Waals surface area contributed by atoms with Crippen molar-refractivity contribution in [3.63, 3.8) is 0 Å². The van der Waals surface area contributed by atoms with Crippen molar-refractivity contribution >= 4 is 11.5 Å².